The van der Waals surface area contributed by atoms with Gasteiger partial charge in [0.25, 0.3) is 5.69 Å². The molecule has 0 bridgehead atoms. The lowest BCUT2D eigenvalue weighted by Gasteiger charge is -2.21. The summed E-state index contributed by atoms with van der Waals surface area (Å²) >= 11 is 0. The van der Waals surface area contributed by atoms with Crippen LogP contribution in [0.2, 0.25) is 0 Å². The molecule has 1 aromatic carbocycles. The highest BCUT2D eigenvalue weighted by atomic mass is 32.2. The Labute approximate surface area is 150 Å². The summed E-state index contributed by atoms with van der Waals surface area (Å²) in [5.74, 6) is 0. The van der Waals surface area contributed by atoms with Crippen molar-refractivity contribution < 1.29 is 13.3 Å². The van der Waals surface area contributed by atoms with Crippen molar-refractivity contribution in [3.05, 3.63) is 34.4 Å². The van der Waals surface area contributed by atoms with Crippen molar-refractivity contribution in [2.75, 3.05) is 26.2 Å². The van der Waals surface area contributed by atoms with Crippen molar-refractivity contribution in [2.45, 2.75) is 50.8 Å². The number of rotatable bonds is 13. The molecule has 0 saturated carbocycles. The first-order valence-corrected chi connectivity index (χ1v) is 10.4. The second-order valence-corrected chi connectivity index (χ2v) is 7.82. The Bertz CT molecular complexity index is 609. The number of nitrogens with one attached hydrogen (secondary N) is 1. The Morgan fingerprint density at radius 3 is 2.00 bits per heavy atom. The topological polar surface area (TPSA) is 92.6 Å². The molecule has 0 fully saturated rings. The monoisotopic (exact) mass is 371 g/mol. The summed E-state index contributed by atoms with van der Waals surface area (Å²) in [6.07, 6.45) is 5.33. The largest absolute Gasteiger partial charge is 0.303 e. The van der Waals surface area contributed by atoms with Gasteiger partial charge in [0, 0.05) is 18.7 Å². The van der Waals surface area contributed by atoms with Gasteiger partial charge in [0.15, 0.2) is 0 Å². The van der Waals surface area contributed by atoms with Crippen molar-refractivity contribution in [1.82, 2.24) is 9.62 Å². The predicted molar refractivity (Wildman–Crippen MR) is 99.2 cm³/mol. The molecule has 1 N–H and O–H groups in total. The molecule has 0 saturated heterocycles. The summed E-state index contributed by atoms with van der Waals surface area (Å²) in [4.78, 5) is 12.5. The van der Waals surface area contributed by atoms with E-state index in [-0.39, 0.29) is 10.6 Å². The van der Waals surface area contributed by atoms with Crippen molar-refractivity contribution >= 4 is 15.7 Å². The van der Waals surface area contributed by atoms with Crippen LogP contribution >= 0.6 is 0 Å². The van der Waals surface area contributed by atoms with Gasteiger partial charge in [-0.3, -0.25) is 10.1 Å². The van der Waals surface area contributed by atoms with Crippen LogP contribution in [0.25, 0.3) is 0 Å². The highest BCUT2D eigenvalue weighted by Gasteiger charge is 2.15. The Morgan fingerprint density at radius 2 is 1.52 bits per heavy atom. The van der Waals surface area contributed by atoms with E-state index < -0.39 is 14.9 Å². The number of nitro groups is 1. The molecule has 0 spiro atoms. The lowest BCUT2D eigenvalue weighted by molar-refractivity contribution is -0.384. The molecule has 0 radical (unpaired) electrons. The zero-order valence-electron chi connectivity index (χ0n) is 15.1. The van der Waals surface area contributed by atoms with Crippen molar-refractivity contribution in [1.29, 1.82) is 0 Å². The van der Waals surface area contributed by atoms with Gasteiger partial charge in [-0.25, -0.2) is 13.1 Å². The van der Waals surface area contributed by atoms with E-state index >= 15 is 0 Å². The van der Waals surface area contributed by atoms with Crippen LogP contribution in [0.1, 0.15) is 46.0 Å². The number of sulfonamides is 1. The molecule has 0 aliphatic heterocycles. The number of unbranched alkanes of at least 4 members (excludes halogenated alkanes) is 2. The average molecular weight is 372 g/mol. The third-order valence-electron chi connectivity index (χ3n) is 3.96. The summed E-state index contributed by atoms with van der Waals surface area (Å²) in [5.41, 5.74) is -0.124. The number of benzene rings is 1. The molecule has 0 aliphatic rings. The molecular weight excluding hydrogens is 342 g/mol. The average Bonchev–Trinajstić information content (AvgIpc) is 2.60. The second-order valence-electron chi connectivity index (χ2n) is 6.05. The van der Waals surface area contributed by atoms with E-state index in [1.165, 1.54) is 24.3 Å². The fourth-order valence-corrected chi connectivity index (χ4v) is 3.51. The van der Waals surface area contributed by atoms with Crippen LogP contribution in [0.4, 0.5) is 5.69 Å². The van der Waals surface area contributed by atoms with Crippen molar-refractivity contribution in [2.24, 2.45) is 0 Å². The van der Waals surface area contributed by atoms with Crippen molar-refractivity contribution in [3.8, 4) is 0 Å². The SMILES string of the molecule is CCCCN(CCCC)CCCNS(=O)(=O)c1ccc([N+](=O)[O-])cc1. The molecule has 25 heavy (non-hydrogen) atoms. The summed E-state index contributed by atoms with van der Waals surface area (Å²) in [6.45, 7) is 7.64. The lowest BCUT2D eigenvalue weighted by Crippen LogP contribution is -2.31. The Hall–Kier alpha value is -1.51. The van der Waals surface area contributed by atoms with Crippen LogP contribution < -0.4 is 4.72 Å². The van der Waals surface area contributed by atoms with E-state index in [0.29, 0.717) is 6.54 Å². The quantitative estimate of drug-likeness (QED) is 0.327. The van der Waals surface area contributed by atoms with Gasteiger partial charge in [-0.05, 0) is 51.0 Å². The van der Waals surface area contributed by atoms with Crippen LogP contribution in [-0.2, 0) is 10.0 Å². The van der Waals surface area contributed by atoms with Gasteiger partial charge in [-0.15, -0.1) is 0 Å². The fraction of sp³-hybridized carbons (Fsp3) is 0.647. The van der Waals surface area contributed by atoms with E-state index in [1.807, 2.05) is 0 Å². The van der Waals surface area contributed by atoms with Gasteiger partial charge in [-0.1, -0.05) is 26.7 Å². The van der Waals surface area contributed by atoms with Crippen LogP contribution in [-0.4, -0.2) is 44.4 Å². The first kappa shape index (κ1) is 21.5. The third-order valence-corrected chi connectivity index (χ3v) is 5.43. The lowest BCUT2D eigenvalue weighted by atomic mass is 10.2. The minimum atomic E-state index is -3.63. The number of hydrogen-bond donors (Lipinski definition) is 1. The molecule has 0 atom stereocenters. The zero-order chi connectivity index (χ0) is 18.7. The number of nitrogens with zero attached hydrogens (tertiary/aromatic N) is 2. The van der Waals surface area contributed by atoms with Gasteiger partial charge in [-0.2, -0.15) is 0 Å². The maximum absolute atomic E-state index is 12.2. The fourth-order valence-electron chi connectivity index (χ4n) is 2.44. The normalized spacial score (nSPS) is 11.8. The van der Waals surface area contributed by atoms with E-state index in [1.54, 1.807) is 0 Å². The smallest absolute Gasteiger partial charge is 0.269 e. The van der Waals surface area contributed by atoms with Crippen LogP contribution in [0.15, 0.2) is 29.2 Å². The maximum atomic E-state index is 12.2. The molecule has 0 unspecified atom stereocenters. The molecule has 0 heterocycles. The Morgan fingerprint density at radius 1 is 1.00 bits per heavy atom. The minimum absolute atomic E-state index is 0.0481. The van der Waals surface area contributed by atoms with Crippen LogP contribution in [0.5, 0.6) is 0 Å². The molecule has 0 amide bonds. The highest BCUT2D eigenvalue weighted by Crippen LogP contribution is 2.15. The van der Waals surface area contributed by atoms with Gasteiger partial charge in [0.1, 0.15) is 0 Å². The molecular formula is C17H29N3O4S. The summed E-state index contributed by atoms with van der Waals surface area (Å²) in [7, 11) is -3.63. The first-order chi connectivity index (χ1) is 11.9. The van der Waals surface area contributed by atoms with Gasteiger partial charge >= 0.3 is 0 Å². The van der Waals surface area contributed by atoms with Gasteiger partial charge < -0.3 is 4.90 Å². The number of hydrogen-bond acceptors (Lipinski definition) is 5. The van der Waals surface area contributed by atoms with E-state index in [9.17, 15) is 18.5 Å². The standard InChI is InChI=1S/C17H29N3O4S/c1-3-5-13-19(14-6-4-2)15-7-12-18-25(23,24)17-10-8-16(9-11-17)20(21)22/h8-11,18H,3-7,12-15H2,1-2H3. The van der Waals surface area contributed by atoms with Gasteiger partial charge in [0.2, 0.25) is 10.0 Å². The number of non-ortho nitro benzene ring substituents is 1. The predicted octanol–water partition coefficient (Wildman–Crippen LogP) is 3.17. The zero-order valence-corrected chi connectivity index (χ0v) is 15.9. The highest BCUT2D eigenvalue weighted by molar-refractivity contribution is 7.89. The van der Waals surface area contributed by atoms with E-state index in [2.05, 4.69) is 23.5 Å². The Balaban J connectivity index is 2.48. The Kier molecular flexibility index (Phi) is 9.62. The molecule has 8 heteroatoms. The molecule has 7 nitrogen and oxygen atoms in total. The van der Waals surface area contributed by atoms with E-state index in [4.69, 9.17) is 0 Å². The summed E-state index contributed by atoms with van der Waals surface area (Å²) in [5, 5.41) is 10.6. The summed E-state index contributed by atoms with van der Waals surface area (Å²) < 4.78 is 27.0. The molecule has 1 rings (SSSR count). The maximum Gasteiger partial charge on any atom is 0.269 e. The molecule has 1 aromatic rings. The number of nitro benzene ring substituents is 1. The molecule has 0 aromatic heterocycles. The second kappa shape index (κ2) is 11.2. The summed E-state index contributed by atoms with van der Waals surface area (Å²) in [6, 6.07) is 4.92. The minimum Gasteiger partial charge on any atom is -0.303 e. The van der Waals surface area contributed by atoms with E-state index in [0.717, 1.165) is 51.7 Å². The van der Waals surface area contributed by atoms with Gasteiger partial charge in [0.05, 0.1) is 9.82 Å². The van der Waals surface area contributed by atoms with Crippen LogP contribution in [0, 0.1) is 10.1 Å². The van der Waals surface area contributed by atoms with Crippen molar-refractivity contribution in [3.63, 3.8) is 0 Å². The van der Waals surface area contributed by atoms with Crippen LogP contribution in [0.3, 0.4) is 0 Å². The third kappa shape index (κ3) is 7.94. The first-order valence-electron chi connectivity index (χ1n) is 8.87. The molecule has 0 aliphatic carbocycles. The molecule has 142 valence electrons.